The second kappa shape index (κ2) is 10.2. The van der Waals surface area contributed by atoms with Crippen LogP contribution in [-0.2, 0) is 4.79 Å². The average Bonchev–Trinajstić information content (AvgIpc) is 2.60. The summed E-state index contributed by atoms with van der Waals surface area (Å²) in [5.74, 6) is 2.34. The van der Waals surface area contributed by atoms with Gasteiger partial charge in [0, 0.05) is 19.5 Å². The predicted molar refractivity (Wildman–Crippen MR) is 95.6 cm³/mol. The second-order valence-corrected chi connectivity index (χ2v) is 6.24. The average molecular weight is 334 g/mol. The van der Waals surface area contributed by atoms with E-state index < -0.39 is 0 Å². The minimum absolute atomic E-state index is 0.248. The highest BCUT2D eigenvalue weighted by molar-refractivity contribution is 5.76. The number of piperidine rings is 1. The molecule has 1 aromatic rings. The lowest BCUT2D eigenvalue weighted by Crippen LogP contribution is -2.42. The van der Waals surface area contributed by atoms with E-state index in [4.69, 9.17) is 9.47 Å². The van der Waals surface area contributed by atoms with E-state index in [-0.39, 0.29) is 5.91 Å². The summed E-state index contributed by atoms with van der Waals surface area (Å²) in [6, 6.07) is 7.66. The first-order valence-corrected chi connectivity index (χ1v) is 9.01. The molecule has 1 N–H and O–H groups in total. The molecule has 1 saturated heterocycles. The van der Waals surface area contributed by atoms with E-state index in [0.717, 1.165) is 44.0 Å². The number of likely N-dealkylation sites (tertiary alicyclic amines) is 1. The van der Waals surface area contributed by atoms with E-state index in [1.807, 2.05) is 43.1 Å². The molecule has 0 aromatic heterocycles. The molecule has 1 aliphatic rings. The zero-order valence-electron chi connectivity index (χ0n) is 14.9. The molecule has 1 fully saturated rings. The Hall–Kier alpha value is -1.75. The largest absolute Gasteiger partial charge is 0.490 e. The molecule has 0 spiro atoms. The van der Waals surface area contributed by atoms with Gasteiger partial charge in [0.2, 0.25) is 5.91 Å². The summed E-state index contributed by atoms with van der Waals surface area (Å²) in [6.07, 6.45) is 3.59. The molecule has 0 bridgehead atoms. The van der Waals surface area contributed by atoms with Crippen LogP contribution >= 0.6 is 0 Å². The Bertz CT molecular complexity index is 505. The van der Waals surface area contributed by atoms with Gasteiger partial charge in [-0.3, -0.25) is 4.79 Å². The Morgan fingerprint density at radius 1 is 1.29 bits per heavy atom. The maximum Gasteiger partial charge on any atom is 0.222 e. The van der Waals surface area contributed by atoms with Crippen LogP contribution in [0.2, 0.25) is 0 Å². The van der Waals surface area contributed by atoms with Crippen LogP contribution in [0.15, 0.2) is 24.3 Å². The number of amides is 1. The summed E-state index contributed by atoms with van der Waals surface area (Å²) in [7, 11) is 1.97. The number of hydrogen-bond acceptors (Lipinski definition) is 4. The molecule has 1 atom stereocenters. The first-order chi connectivity index (χ1) is 11.7. The van der Waals surface area contributed by atoms with Gasteiger partial charge in [-0.25, -0.2) is 0 Å². The molecule has 1 amide bonds. The van der Waals surface area contributed by atoms with Crippen molar-refractivity contribution in [2.75, 3.05) is 39.9 Å². The fourth-order valence-electron chi connectivity index (χ4n) is 3.15. The Balaban J connectivity index is 1.71. The van der Waals surface area contributed by atoms with Crippen LogP contribution in [0.5, 0.6) is 11.5 Å². The Morgan fingerprint density at radius 3 is 2.75 bits per heavy atom. The van der Waals surface area contributed by atoms with Crippen molar-refractivity contribution in [3.8, 4) is 11.5 Å². The van der Waals surface area contributed by atoms with Crippen LogP contribution in [0.3, 0.4) is 0 Å². The van der Waals surface area contributed by atoms with Gasteiger partial charge in [-0.05, 0) is 57.8 Å². The fraction of sp³-hybridized carbons (Fsp3) is 0.632. The third kappa shape index (κ3) is 5.71. The third-order valence-corrected chi connectivity index (χ3v) is 4.31. The lowest BCUT2D eigenvalue weighted by molar-refractivity contribution is -0.133. The maximum absolute atomic E-state index is 12.4. The molecule has 1 aliphatic heterocycles. The highest BCUT2D eigenvalue weighted by Crippen LogP contribution is 2.26. The van der Waals surface area contributed by atoms with Crippen LogP contribution in [0.25, 0.3) is 0 Å². The summed E-state index contributed by atoms with van der Waals surface area (Å²) in [6.45, 7) is 5.86. The van der Waals surface area contributed by atoms with Gasteiger partial charge in [0.25, 0.3) is 0 Å². The molecule has 134 valence electrons. The van der Waals surface area contributed by atoms with Gasteiger partial charge in [-0.15, -0.1) is 0 Å². The highest BCUT2D eigenvalue weighted by Gasteiger charge is 2.22. The number of ether oxygens (including phenoxy) is 2. The number of nitrogens with zero attached hydrogens (tertiary/aromatic N) is 1. The molecular formula is C19H30N2O3. The second-order valence-electron chi connectivity index (χ2n) is 6.24. The van der Waals surface area contributed by atoms with Crippen molar-refractivity contribution < 1.29 is 14.3 Å². The maximum atomic E-state index is 12.4. The lowest BCUT2D eigenvalue weighted by atomic mass is 9.97. The van der Waals surface area contributed by atoms with E-state index in [0.29, 0.717) is 25.6 Å². The standard InChI is InChI=1S/C19H30N2O3/c1-3-23-17-9-4-5-10-18(17)24-13-7-11-19(22)21-12-6-8-16(15-21)14-20-2/h4-5,9-10,16,20H,3,6-8,11-15H2,1-2H3. The quantitative estimate of drug-likeness (QED) is 0.706. The lowest BCUT2D eigenvalue weighted by Gasteiger charge is -2.32. The summed E-state index contributed by atoms with van der Waals surface area (Å²) < 4.78 is 11.3. The molecule has 5 heteroatoms. The van der Waals surface area contributed by atoms with Gasteiger partial charge < -0.3 is 19.7 Å². The number of carbonyl (C=O) groups is 1. The van der Waals surface area contributed by atoms with E-state index in [1.165, 1.54) is 6.42 Å². The van der Waals surface area contributed by atoms with Gasteiger partial charge in [0.05, 0.1) is 13.2 Å². The van der Waals surface area contributed by atoms with Crippen molar-refractivity contribution in [3.63, 3.8) is 0 Å². The van der Waals surface area contributed by atoms with Gasteiger partial charge in [0.15, 0.2) is 11.5 Å². The first kappa shape index (κ1) is 18.6. The van der Waals surface area contributed by atoms with Gasteiger partial charge in [-0.2, -0.15) is 0 Å². The molecule has 5 nitrogen and oxygen atoms in total. The minimum atomic E-state index is 0.248. The van der Waals surface area contributed by atoms with Crippen molar-refractivity contribution in [1.82, 2.24) is 10.2 Å². The Morgan fingerprint density at radius 2 is 2.04 bits per heavy atom. The number of hydrogen-bond donors (Lipinski definition) is 1. The number of para-hydroxylation sites is 2. The normalized spacial score (nSPS) is 17.6. The summed E-state index contributed by atoms with van der Waals surface area (Å²) in [4.78, 5) is 14.4. The number of nitrogens with one attached hydrogen (secondary N) is 1. The molecular weight excluding hydrogens is 304 g/mol. The smallest absolute Gasteiger partial charge is 0.222 e. The molecule has 1 heterocycles. The Kier molecular flexibility index (Phi) is 7.89. The summed E-state index contributed by atoms with van der Waals surface area (Å²) in [5, 5.41) is 3.21. The third-order valence-electron chi connectivity index (χ3n) is 4.31. The first-order valence-electron chi connectivity index (χ1n) is 9.01. The van der Waals surface area contributed by atoms with Gasteiger partial charge in [-0.1, -0.05) is 12.1 Å². The number of benzene rings is 1. The minimum Gasteiger partial charge on any atom is -0.490 e. The number of rotatable bonds is 9. The van der Waals surface area contributed by atoms with Crippen LogP contribution in [0.4, 0.5) is 0 Å². The van der Waals surface area contributed by atoms with Gasteiger partial charge >= 0.3 is 0 Å². The van der Waals surface area contributed by atoms with Crippen LogP contribution in [0.1, 0.15) is 32.6 Å². The summed E-state index contributed by atoms with van der Waals surface area (Å²) in [5.41, 5.74) is 0. The van der Waals surface area contributed by atoms with E-state index in [9.17, 15) is 4.79 Å². The van der Waals surface area contributed by atoms with E-state index >= 15 is 0 Å². The van der Waals surface area contributed by atoms with Crippen molar-refractivity contribution in [2.45, 2.75) is 32.6 Å². The zero-order valence-corrected chi connectivity index (χ0v) is 14.9. The fourth-order valence-corrected chi connectivity index (χ4v) is 3.15. The van der Waals surface area contributed by atoms with Crippen molar-refractivity contribution in [2.24, 2.45) is 5.92 Å². The molecule has 24 heavy (non-hydrogen) atoms. The van der Waals surface area contributed by atoms with E-state index in [2.05, 4.69) is 5.32 Å². The van der Waals surface area contributed by atoms with E-state index in [1.54, 1.807) is 0 Å². The molecule has 2 rings (SSSR count). The SMILES string of the molecule is CCOc1ccccc1OCCCC(=O)N1CCCC(CNC)C1. The van der Waals surface area contributed by atoms with Crippen molar-refractivity contribution in [1.29, 1.82) is 0 Å². The molecule has 1 aromatic carbocycles. The molecule has 1 unspecified atom stereocenters. The number of carbonyl (C=O) groups excluding carboxylic acids is 1. The molecule has 0 aliphatic carbocycles. The van der Waals surface area contributed by atoms with Crippen molar-refractivity contribution in [3.05, 3.63) is 24.3 Å². The monoisotopic (exact) mass is 334 g/mol. The van der Waals surface area contributed by atoms with Crippen LogP contribution < -0.4 is 14.8 Å². The predicted octanol–water partition coefficient (Wildman–Crippen LogP) is 2.70. The summed E-state index contributed by atoms with van der Waals surface area (Å²) >= 11 is 0. The van der Waals surface area contributed by atoms with Crippen LogP contribution in [0, 0.1) is 5.92 Å². The van der Waals surface area contributed by atoms with Crippen molar-refractivity contribution >= 4 is 5.91 Å². The van der Waals surface area contributed by atoms with Gasteiger partial charge in [0.1, 0.15) is 0 Å². The Labute approximate surface area is 145 Å². The highest BCUT2D eigenvalue weighted by atomic mass is 16.5. The topological polar surface area (TPSA) is 50.8 Å². The van der Waals surface area contributed by atoms with Crippen LogP contribution in [-0.4, -0.2) is 50.7 Å². The zero-order chi connectivity index (χ0) is 17.2. The molecule has 0 saturated carbocycles. The molecule has 0 radical (unpaired) electrons.